The van der Waals surface area contributed by atoms with E-state index in [2.05, 4.69) is 9.71 Å². The molecule has 0 spiro atoms. The number of nitro benzene ring substituents is 1. The van der Waals surface area contributed by atoms with Crippen molar-refractivity contribution in [2.75, 3.05) is 6.54 Å². The molecule has 28 heavy (non-hydrogen) atoms. The van der Waals surface area contributed by atoms with Crippen LogP contribution in [-0.2, 0) is 16.4 Å². The average Bonchev–Trinajstić information content (AvgIpc) is 2.65. The highest BCUT2D eigenvalue weighted by Crippen LogP contribution is 2.20. The molecule has 0 amide bonds. The van der Waals surface area contributed by atoms with Gasteiger partial charge in [-0.1, -0.05) is 12.1 Å². The molecule has 0 unspecified atom stereocenters. The van der Waals surface area contributed by atoms with Crippen LogP contribution in [-0.4, -0.2) is 24.9 Å². The van der Waals surface area contributed by atoms with E-state index in [0.29, 0.717) is 5.56 Å². The second-order valence-electron chi connectivity index (χ2n) is 6.51. The number of H-pyrrole nitrogens is 1. The van der Waals surface area contributed by atoms with E-state index in [0.717, 1.165) is 34.2 Å². The summed E-state index contributed by atoms with van der Waals surface area (Å²) in [6, 6.07) is 10.3. The standard InChI is InChI=1S/C19H19N3O5S/c1-12-3-4-13(2)18-17(12)11-14(19(23)21-18)9-10-20-28(26,27)16-7-5-15(6-8-16)22(24)25/h3-8,11,20H,9-10H2,1-2H3,(H,21,23). The van der Waals surface area contributed by atoms with Crippen molar-refractivity contribution in [1.29, 1.82) is 0 Å². The van der Waals surface area contributed by atoms with Crippen molar-refractivity contribution < 1.29 is 13.3 Å². The molecule has 2 N–H and O–H groups in total. The van der Waals surface area contributed by atoms with Crippen LogP contribution < -0.4 is 10.3 Å². The van der Waals surface area contributed by atoms with E-state index >= 15 is 0 Å². The SMILES string of the molecule is Cc1ccc(C)c2[nH]c(=O)c(CCNS(=O)(=O)c3ccc([N+](=O)[O-])cc3)cc12. The molecular weight excluding hydrogens is 382 g/mol. The first kappa shape index (κ1) is 19.7. The summed E-state index contributed by atoms with van der Waals surface area (Å²) >= 11 is 0. The molecule has 0 radical (unpaired) electrons. The highest BCUT2D eigenvalue weighted by Gasteiger charge is 2.16. The van der Waals surface area contributed by atoms with E-state index in [-0.39, 0.29) is 29.1 Å². The molecule has 8 nitrogen and oxygen atoms in total. The van der Waals surface area contributed by atoms with Crippen molar-refractivity contribution in [3.8, 4) is 0 Å². The van der Waals surface area contributed by atoms with Crippen molar-refractivity contribution in [2.45, 2.75) is 25.2 Å². The number of aryl methyl sites for hydroxylation is 2. The highest BCUT2D eigenvalue weighted by molar-refractivity contribution is 7.89. The Kier molecular flexibility index (Phi) is 5.30. The van der Waals surface area contributed by atoms with E-state index in [9.17, 15) is 23.3 Å². The molecule has 0 aliphatic rings. The minimum atomic E-state index is -3.83. The van der Waals surface area contributed by atoms with Crippen LogP contribution in [0, 0.1) is 24.0 Å². The van der Waals surface area contributed by atoms with Gasteiger partial charge in [0.15, 0.2) is 0 Å². The minimum Gasteiger partial charge on any atom is -0.321 e. The molecule has 9 heteroatoms. The number of nitrogens with one attached hydrogen (secondary N) is 2. The second-order valence-corrected chi connectivity index (χ2v) is 8.28. The zero-order valence-corrected chi connectivity index (χ0v) is 16.2. The summed E-state index contributed by atoms with van der Waals surface area (Å²) in [6.45, 7) is 3.88. The number of nitro groups is 1. The molecule has 0 bridgehead atoms. The van der Waals surface area contributed by atoms with Gasteiger partial charge in [-0.05, 0) is 49.6 Å². The quantitative estimate of drug-likeness (QED) is 0.485. The van der Waals surface area contributed by atoms with Crippen LogP contribution in [0.5, 0.6) is 0 Å². The Bertz CT molecular complexity index is 1210. The zero-order valence-electron chi connectivity index (χ0n) is 15.4. The third kappa shape index (κ3) is 3.95. The lowest BCUT2D eigenvalue weighted by molar-refractivity contribution is -0.384. The maximum atomic E-state index is 12.3. The molecule has 2 aromatic carbocycles. The van der Waals surface area contributed by atoms with Gasteiger partial charge >= 0.3 is 0 Å². The van der Waals surface area contributed by atoms with E-state index in [4.69, 9.17) is 0 Å². The monoisotopic (exact) mass is 401 g/mol. The third-order valence-electron chi connectivity index (χ3n) is 4.56. The van der Waals surface area contributed by atoms with Crippen LogP contribution in [0.2, 0.25) is 0 Å². The summed E-state index contributed by atoms with van der Waals surface area (Å²) in [7, 11) is -3.83. The van der Waals surface area contributed by atoms with E-state index in [1.165, 1.54) is 12.1 Å². The van der Waals surface area contributed by atoms with Crippen molar-refractivity contribution in [1.82, 2.24) is 9.71 Å². The Morgan fingerprint density at radius 1 is 1.07 bits per heavy atom. The summed E-state index contributed by atoms with van der Waals surface area (Å²) in [4.78, 5) is 25.2. The summed E-state index contributed by atoms with van der Waals surface area (Å²) in [5, 5.41) is 11.6. The van der Waals surface area contributed by atoms with Crippen LogP contribution in [0.15, 0.2) is 52.2 Å². The van der Waals surface area contributed by atoms with Gasteiger partial charge in [-0.3, -0.25) is 14.9 Å². The number of hydrogen-bond donors (Lipinski definition) is 2. The van der Waals surface area contributed by atoms with Gasteiger partial charge in [0.2, 0.25) is 10.0 Å². The lowest BCUT2D eigenvalue weighted by Crippen LogP contribution is -2.27. The minimum absolute atomic E-state index is 0.0266. The molecular formula is C19H19N3O5S. The number of non-ortho nitro benzene ring substituents is 1. The summed E-state index contributed by atoms with van der Waals surface area (Å²) in [6.07, 6.45) is 0.213. The molecule has 3 rings (SSSR count). The summed E-state index contributed by atoms with van der Waals surface area (Å²) in [5.74, 6) is 0. The van der Waals surface area contributed by atoms with Gasteiger partial charge in [-0.2, -0.15) is 0 Å². The molecule has 0 saturated heterocycles. The van der Waals surface area contributed by atoms with Crippen molar-refractivity contribution in [2.24, 2.45) is 0 Å². The van der Waals surface area contributed by atoms with E-state index in [1.807, 2.05) is 26.0 Å². The molecule has 1 heterocycles. The van der Waals surface area contributed by atoms with E-state index in [1.54, 1.807) is 6.07 Å². The van der Waals surface area contributed by atoms with Gasteiger partial charge in [-0.15, -0.1) is 0 Å². The maximum absolute atomic E-state index is 12.3. The fraction of sp³-hybridized carbons (Fsp3) is 0.211. The Hall–Kier alpha value is -3.04. The first-order chi connectivity index (χ1) is 13.2. The van der Waals surface area contributed by atoms with E-state index < -0.39 is 14.9 Å². The summed E-state index contributed by atoms with van der Waals surface area (Å²) < 4.78 is 27.1. The van der Waals surface area contributed by atoms with Gasteiger partial charge in [0.05, 0.1) is 15.3 Å². The number of fused-ring (bicyclic) bond motifs is 1. The number of aromatic amines is 1. The Balaban J connectivity index is 1.77. The molecule has 0 atom stereocenters. The largest absolute Gasteiger partial charge is 0.321 e. The molecule has 146 valence electrons. The number of sulfonamides is 1. The van der Waals surface area contributed by atoms with Gasteiger partial charge in [0.25, 0.3) is 11.2 Å². The number of pyridine rings is 1. The van der Waals surface area contributed by atoms with Gasteiger partial charge in [0, 0.05) is 29.6 Å². The van der Waals surface area contributed by atoms with Crippen LogP contribution >= 0.6 is 0 Å². The summed E-state index contributed by atoms with van der Waals surface area (Å²) in [5.41, 5.74) is 2.79. The lowest BCUT2D eigenvalue weighted by atomic mass is 10.0. The highest BCUT2D eigenvalue weighted by atomic mass is 32.2. The van der Waals surface area contributed by atoms with Crippen LogP contribution in [0.25, 0.3) is 10.9 Å². The Labute approximate surface area is 161 Å². The zero-order chi connectivity index (χ0) is 20.5. The van der Waals surface area contributed by atoms with Crippen molar-refractivity contribution in [3.05, 3.63) is 79.6 Å². The first-order valence-electron chi connectivity index (χ1n) is 8.55. The van der Waals surface area contributed by atoms with Crippen LogP contribution in [0.4, 0.5) is 5.69 Å². The molecule has 0 saturated carbocycles. The van der Waals surface area contributed by atoms with Gasteiger partial charge < -0.3 is 4.98 Å². The average molecular weight is 401 g/mol. The number of rotatable bonds is 6. The number of benzene rings is 2. The molecule has 0 fully saturated rings. The number of hydrogen-bond acceptors (Lipinski definition) is 5. The van der Waals surface area contributed by atoms with Gasteiger partial charge in [0.1, 0.15) is 0 Å². The smallest absolute Gasteiger partial charge is 0.269 e. The molecule has 3 aromatic rings. The Morgan fingerprint density at radius 3 is 2.36 bits per heavy atom. The normalized spacial score (nSPS) is 11.6. The first-order valence-corrected chi connectivity index (χ1v) is 10.0. The number of nitrogens with zero attached hydrogens (tertiary/aromatic N) is 1. The number of aromatic nitrogens is 1. The van der Waals surface area contributed by atoms with Crippen LogP contribution in [0.3, 0.4) is 0 Å². The van der Waals surface area contributed by atoms with Crippen molar-refractivity contribution in [3.63, 3.8) is 0 Å². The Morgan fingerprint density at radius 2 is 1.71 bits per heavy atom. The lowest BCUT2D eigenvalue weighted by Gasteiger charge is -2.09. The third-order valence-corrected chi connectivity index (χ3v) is 6.04. The topological polar surface area (TPSA) is 122 Å². The van der Waals surface area contributed by atoms with Gasteiger partial charge in [-0.25, -0.2) is 13.1 Å². The molecule has 0 aliphatic carbocycles. The van der Waals surface area contributed by atoms with Crippen LogP contribution in [0.1, 0.15) is 16.7 Å². The van der Waals surface area contributed by atoms with Crippen molar-refractivity contribution >= 4 is 26.6 Å². The predicted octanol–water partition coefficient (Wildman–Crippen LogP) is 2.57. The fourth-order valence-corrected chi connectivity index (χ4v) is 3.99. The molecule has 0 aliphatic heterocycles. The fourth-order valence-electron chi connectivity index (χ4n) is 2.95. The predicted molar refractivity (Wildman–Crippen MR) is 106 cm³/mol. The maximum Gasteiger partial charge on any atom is 0.269 e. The second kappa shape index (κ2) is 7.53. The molecule has 1 aromatic heterocycles.